The van der Waals surface area contributed by atoms with Gasteiger partial charge in [-0.3, -0.25) is 9.59 Å². The van der Waals surface area contributed by atoms with Crippen LogP contribution < -0.4 is 15.8 Å². The van der Waals surface area contributed by atoms with E-state index in [1.54, 1.807) is 6.92 Å². The molecule has 0 unspecified atom stereocenters. The third-order valence-corrected chi connectivity index (χ3v) is 6.04. The highest BCUT2D eigenvalue weighted by molar-refractivity contribution is 7.89. The van der Waals surface area contributed by atoms with E-state index in [2.05, 4.69) is 5.32 Å². The molecule has 1 atom stereocenters. The van der Waals surface area contributed by atoms with E-state index in [0.717, 1.165) is 19.3 Å². The van der Waals surface area contributed by atoms with Crippen LogP contribution in [0, 0.1) is 0 Å². The second kappa shape index (κ2) is 8.50. The van der Waals surface area contributed by atoms with Gasteiger partial charge in [-0.15, -0.1) is 0 Å². The van der Waals surface area contributed by atoms with Gasteiger partial charge in [-0.1, -0.05) is 6.92 Å². The summed E-state index contributed by atoms with van der Waals surface area (Å²) >= 11 is 0. The lowest BCUT2D eigenvalue weighted by atomic mass is 10.2. The molecule has 1 aliphatic heterocycles. The SMILES string of the molecule is CCCNC(=O)[C@@H](C)Oc1ccc(S(=O)(=O)N2CCCC2)cc1C(N)=O. The van der Waals surface area contributed by atoms with Crippen molar-refractivity contribution in [1.29, 1.82) is 0 Å². The summed E-state index contributed by atoms with van der Waals surface area (Å²) in [7, 11) is -3.68. The van der Waals surface area contributed by atoms with E-state index >= 15 is 0 Å². The van der Waals surface area contributed by atoms with Crippen LogP contribution in [0.25, 0.3) is 0 Å². The molecule has 9 heteroatoms. The summed E-state index contributed by atoms with van der Waals surface area (Å²) in [6.07, 6.45) is 1.57. The summed E-state index contributed by atoms with van der Waals surface area (Å²) in [5.41, 5.74) is 5.32. The molecule has 1 fully saturated rings. The van der Waals surface area contributed by atoms with Crippen molar-refractivity contribution in [2.45, 2.75) is 44.1 Å². The third-order valence-electron chi connectivity index (χ3n) is 4.14. The topological polar surface area (TPSA) is 119 Å². The van der Waals surface area contributed by atoms with Crippen molar-refractivity contribution in [3.05, 3.63) is 23.8 Å². The average Bonchev–Trinajstić information content (AvgIpc) is 3.15. The van der Waals surface area contributed by atoms with Gasteiger partial charge in [-0.05, 0) is 44.4 Å². The second-order valence-corrected chi connectivity index (χ2v) is 8.12. The Bertz CT molecular complexity index is 773. The van der Waals surface area contributed by atoms with E-state index < -0.39 is 22.0 Å². The number of sulfonamides is 1. The van der Waals surface area contributed by atoms with Crippen LogP contribution in [0.1, 0.15) is 43.5 Å². The Labute approximate surface area is 153 Å². The number of hydrogen-bond acceptors (Lipinski definition) is 5. The molecule has 0 spiro atoms. The first-order chi connectivity index (χ1) is 12.3. The zero-order valence-electron chi connectivity index (χ0n) is 15.0. The molecule has 0 radical (unpaired) electrons. The Balaban J connectivity index is 2.26. The van der Waals surface area contributed by atoms with E-state index in [9.17, 15) is 18.0 Å². The summed E-state index contributed by atoms with van der Waals surface area (Å²) in [5.74, 6) is -1.06. The highest BCUT2D eigenvalue weighted by Gasteiger charge is 2.29. The summed E-state index contributed by atoms with van der Waals surface area (Å²) in [6.45, 7) is 4.91. The van der Waals surface area contributed by atoms with E-state index in [1.807, 2.05) is 6.92 Å². The van der Waals surface area contributed by atoms with Crippen molar-refractivity contribution < 1.29 is 22.7 Å². The number of amides is 2. The van der Waals surface area contributed by atoms with Gasteiger partial charge in [0.05, 0.1) is 10.5 Å². The minimum Gasteiger partial charge on any atom is -0.480 e. The second-order valence-electron chi connectivity index (χ2n) is 6.18. The third kappa shape index (κ3) is 4.53. The molecule has 1 saturated heterocycles. The minimum absolute atomic E-state index is 0.0105. The number of rotatable bonds is 8. The molecule has 1 aliphatic rings. The molecule has 0 aliphatic carbocycles. The van der Waals surface area contributed by atoms with Crippen molar-refractivity contribution in [2.24, 2.45) is 5.73 Å². The predicted octanol–water partition coefficient (Wildman–Crippen LogP) is 0.864. The average molecular weight is 383 g/mol. The van der Waals surface area contributed by atoms with E-state index in [1.165, 1.54) is 22.5 Å². The van der Waals surface area contributed by atoms with Crippen LogP contribution in [0.2, 0.25) is 0 Å². The molecule has 1 aromatic rings. The van der Waals surface area contributed by atoms with Gasteiger partial charge in [0.2, 0.25) is 10.0 Å². The standard InChI is InChI=1S/C17H25N3O5S/c1-3-8-19-17(22)12(2)25-15-7-6-13(11-14(15)16(18)21)26(23,24)20-9-4-5-10-20/h6-7,11-12H,3-5,8-10H2,1-2H3,(H2,18,21)(H,19,22)/t12-/m1/s1. The normalized spacial score (nSPS) is 16.2. The van der Waals surface area contributed by atoms with Crippen LogP contribution in [0.4, 0.5) is 0 Å². The zero-order chi connectivity index (χ0) is 19.3. The maximum absolute atomic E-state index is 12.6. The lowest BCUT2D eigenvalue weighted by Crippen LogP contribution is -2.37. The first-order valence-electron chi connectivity index (χ1n) is 8.65. The molecule has 26 heavy (non-hydrogen) atoms. The molecule has 1 heterocycles. The highest BCUT2D eigenvalue weighted by atomic mass is 32.2. The molecule has 1 aromatic carbocycles. The fourth-order valence-electron chi connectivity index (χ4n) is 2.68. The van der Waals surface area contributed by atoms with Crippen molar-refractivity contribution in [1.82, 2.24) is 9.62 Å². The monoisotopic (exact) mass is 383 g/mol. The largest absolute Gasteiger partial charge is 0.480 e. The first-order valence-corrected chi connectivity index (χ1v) is 10.1. The molecule has 0 bridgehead atoms. The first kappa shape index (κ1) is 20.2. The zero-order valence-corrected chi connectivity index (χ0v) is 15.8. The summed E-state index contributed by atoms with van der Waals surface area (Å²) in [5, 5.41) is 2.69. The number of nitrogens with zero attached hydrogens (tertiary/aromatic N) is 1. The molecule has 144 valence electrons. The van der Waals surface area contributed by atoms with Crippen molar-refractivity contribution in [3.8, 4) is 5.75 Å². The van der Waals surface area contributed by atoms with Gasteiger partial charge in [-0.25, -0.2) is 8.42 Å². The fraction of sp³-hybridized carbons (Fsp3) is 0.529. The number of ether oxygens (including phenoxy) is 1. The molecular formula is C17H25N3O5S. The van der Waals surface area contributed by atoms with E-state index in [-0.39, 0.29) is 22.1 Å². The minimum atomic E-state index is -3.68. The molecular weight excluding hydrogens is 358 g/mol. The molecule has 0 saturated carbocycles. The van der Waals surface area contributed by atoms with Crippen molar-refractivity contribution in [3.63, 3.8) is 0 Å². The van der Waals surface area contributed by atoms with Gasteiger partial charge in [0.15, 0.2) is 6.10 Å². The van der Waals surface area contributed by atoms with Gasteiger partial charge in [-0.2, -0.15) is 4.31 Å². The number of hydrogen-bond donors (Lipinski definition) is 2. The Morgan fingerprint density at radius 1 is 1.31 bits per heavy atom. The molecule has 2 rings (SSSR count). The van der Waals surface area contributed by atoms with Crippen LogP contribution in [0.3, 0.4) is 0 Å². The lowest BCUT2D eigenvalue weighted by molar-refractivity contribution is -0.127. The predicted molar refractivity (Wildman–Crippen MR) is 96.3 cm³/mol. The maximum atomic E-state index is 12.6. The van der Waals surface area contributed by atoms with Crippen LogP contribution in [0.5, 0.6) is 5.75 Å². The molecule has 0 aromatic heterocycles. The number of nitrogens with one attached hydrogen (secondary N) is 1. The van der Waals surface area contributed by atoms with Gasteiger partial charge < -0.3 is 15.8 Å². The Morgan fingerprint density at radius 3 is 2.54 bits per heavy atom. The fourth-order valence-corrected chi connectivity index (χ4v) is 4.22. The van der Waals surface area contributed by atoms with Gasteiger partial charge in [0, 0.05) is 19.6 Å². The van der Waals surface area contributed by atoms with Gasteiger partial charge >= 0.3 is 0 Å². The lowest BCUT2D eigenvalue weighted by Gasteiger charge is -2.19. The van der Waals surface area contributed by atoms with Gasteiger partial charge in [0.25, 0.3) is 11.8 Å². The smallest absolute Gasteiger partial charge is 0.260 e. The van der Waals surface area contributed by atoms with Crippen LogP contribution in [-0.4, -0.2) is 50.3 Å². The number of benzene rings is 1. The molecule has 3 N–H and O–H groups in total. The Hall–Kier alpha value is -2.13. The summed E-state index contributed by atoms with van der Waals surface area (Å²) < 4.78 is 32.2. The van der Waals surface area contributed by atoms with Gasteiger partial charge in [0.1, 0.15) is 5.75 Å². The maximum Gasteiger partial charge on any atom is 0.260 e. The molecule has 8 nitrogen and oxygen atoms in total. The molecule has 2 amide bonds. The Morgan fingerprint density at radius 2 is 1.96 bits per heavy atom. The quantitative estimate of drug-likeness (QED) is 0.690. The van der Waals surface area contributed by atoms with Crippen molar-refractivity contribution >= 4 is 21.8 Å². The van der Waals surface area contributed by atoms with Crippen LogP contribution >= 0.6 is 0 Å². The van der Waals surface area contributed by atoms with E-state index in [4.69, 9.17) is 10.5 Å². The highest BCUT2D eigenvalue weighted by Crippen LogP contribution is 2.27. The van der Waals surface area contributed by atoms with Crippen molar-refractivity contribution in [2.75, 3.05) is 19.6 Å². The number of nitrogens with two attached hydrogens (primary N) is 1. The Kier molecular flexibility index (Phi) is 6.60. The summed E-state index contributed by atoms with van der Waals surface area (Å²) in [4.78, 5) is 23.7. The van der Waals surface area contributed by atoms with Crippen LogP contribution in [-0.2, 0) is 14.8 Å². The summed E-state index contributed by atoms with van der Waals surface area (Å²) in [6, 6.07) is 3.95. The van der Waals surface area contributed by atoms with Crippen LogP contribution in [0.15, 0.2) is 23.1 Å². The number of primary amides is 1. The van der Waals surface area contributed by atoms with E-state index in [0.29, 0.717) is 19.6 Å². The number of carbonyl (C=O) groups excluding carboxylic acids is 2. The number of carbonyl (C=O) groups is 2.